The van der Waals surface area contributed by atoms with Crippen molar-refractivity contribution in [3.63, 3.8) is 0 Å². The maximum Gasteiger partial charge on any atom is 0.203 e. The molecule has 0 aliphatic rings. The SMILES string of the molecule is Cc1ccc(C(=O)/C(C#N)=C/c2ccccc2)cc1. The Hall–Kier alpha value is -2.66. The van der Waals surface area contributed by atoms with Gasteiger partial charge in [-0.2, -0.15) is 5.26 Å². The second kappa shape index (κ2) is 5.79. The van der Waals surface area contributed by atoms with Crippen LogP contribution in [0.3, 0.4) is 0 Å². The second-order valence-corrected chi connectivity index (χ2v) is 4.28. The third-order valence-corrected chi connectivity index (χ3v) is 2.79. The molecule has 0 atom stereocenters. The van der Waals surface area contributed by atoms with Crippen molar-refractivity contribution in [2.24, 2.45) is 0 Å². The highest BCUT2D eigenvalue weighted by Crippen LogP contribution is 2.13. The van der Waals surface area contributed by atoms with Gasteiger partial charge >= 0.3 is 0 Å². The van der Waals surface area contributed by atoms with Crippen molar-refractivity contribution in [2.75, 3.05) is 0 Å². The largest absolute Gasteiger partial charge is 0.288 e. The maximum absolute atomic E-state index is 12.2. The molecule has 2 nitrogen and oxygen atoms in total. The van der Waals surface area contributed by atoms with E-state index < -0.39 is 0 Å². The van der Waals surface area contributed by atoms with E-state index in [1.165, 1.54) is 0 Å². The lowest BCUT2D eigenvalue weighted by molar-refractivity contribution is 0.104. The van der Waals surface area contributed by atoms with E-state index in [4.69, 9.17) is 5.26 Å². The number of carbonyl (C=O) groups excluding carboxylic acids is 1. The summed E-state index contributed by atoms with van der Waals surface area (Å²) in [6.45, 7) is 1.96. The van der Waals surface area contributed by atoms with Gasteiger partial charge in [0.2, 0.25) is 5.78 Å². The van der Waals surface area contributed by atoms with Gasteiger partial charge in [0.05, 0.1) is 0 Å². The summed E-state index contributed by atoms with van der Waals surface area (Å²) in [5.41, 5.74) is 2.62. The van der Waals surface area contributed by atoms with Crippen molar-refractivity contribution in [3.05, 3.63) is 76.9 Å². The lowest BCUT2D eigenvalue weighted by atomic mass is 10.0. The molecule has 0 heterocycles. The minimum atomic E-state index is -0.244. The van der Waals surface area contributed by atoms with Crippen molar-refractivity contribution in [1.29, 1.82) is 5.26 Å². The summed E-state index contributed by atoms with van der Waals surface area (Å²) in [6.07, 6.45) is 1.61. The summed E-state index contributed by atoms with van der Waals surface area (Å²) < 4.78 is 0. The van der Waals surface area contributed by atoms with Crippen molar-refractivity contribution in [3.8, 4) is 6.07 Å². The Morgan fingerprint density at radius 1 is 1.05 bits per heavy atom. The number of ketones is 1. The van der Waals surface area contributed by atoms with Crippen LogP contribution >= 0.6 is 0 Å². The molecule has 2 heteroatoms. The first-order chi connectivity index (χ1) is 9.20. The summed E-state index contributed by atoms with van der Waals surface area (Å²) in [6, 6.07) is 18.6. The van der Waals surface area contributed by atoms with Gasteiger partial charge in [0, 0.05) is 5.56 Å². The average molecular weight is 247 g/mol. The minimum absolute atomic E-state index is 0.148. The third kappa shape index (κ3) is 3.17. The number of Topliss-reactive ketones (excluding diaryl/α,β-unsaturated/α-hetero) is 1. The van der Waals surface area contributed by atoms with Gasteiger partial charge in [-0.05, 0) is 18.6 Å². The van der Waals surface area contributed by atoms with E-state index in [2.05, 4.69) is 0 Å². The summed E-state index contributed by atoms with van der Waals surface area (Å²) in [4.78, 5) is 12.2. The fraction of sp³-hybridized carbons (Fsp3) is 0.0588. The predicted molar refractivity (Wildman–Crippen MR) is 75.5 cm³/mol. The highest BCUT2D eigenvalue weighted by molar-refractivity contribution is 6.14. The van der Waals surface area contributed by atoms with Crippen molar-refractivity contribution in [2.45, 2.75) is 6.92 Å². The van der Waals surface area contributed by atoms with Crippen LogP contribution in [0.15, 0.2) is 60.2 Å². The Kier molecular flexibility index (Phi) is 3.90. The van der Waals surface area contributed by atoms with Gasteiger partial charge in [0.1, 0.15) is 11.6 Å². The maximum atomic E-state index is 12.2. The Balaban J connectivity index is 2.33. The lowest BCUT2D eigenvalue weighted by Gasteiger charge is -2.00. The molecule has 2 rings (SSSR count). The number of rotatable bonds is 3. The molecular weight excluding hydrogens is 234 g/mol. The van der Waals surface area contributed by atoms with Gasteiger partial charge in [-0.15, -0.1) is 0 Å². The number of carbonyl (C=O) groups is 1. The molecule has 0 spiro atoms. The zero-order valence-electron chi connectivity index (χ0n) is 10.6. The van der Waals surface area contributed by atoms with Gasteiger partial charge < -0.3 is 0 Å². The van der Waals surface area contributed by atoms with Gasteiger partial charge in [-0.3, -0.25) is 4.79 Å². The van der Waals surface area contributed by atoms with Gasteiger partial charge in [-0.1, -0.05) is 60.2 Å². The van der Waals surface area contributed by atoms with Crippen LogP contribution in [0.5, 0.6) is 0 Å². The van der Waals surface area contributed by atoms with E-state index in [0.29, 0.717) is 5.56 Å². The zero-order valence-corrected chi connectivity index (χ0v) is 10.6. The van der Waals surface area contributed by atoms with Gasteiger partial charge in [-0.25, -0.2) is 0 Å². The topological polar surface area (TPSA) is 40.9 Å². The number of aryl methyl sites for hydroxylation is 1. The molecule has 0 aliphatic carbocycles. The van der Waals surface area contributed by atoms with E-state index in [9.17, 15) is 4.79 Å². The Labute approximate surface area is 112 Å². The molecule has 2 aromatic carbocycles. The van der Waals surface area contributed by atoms with Gasteiger partial charge in [0.15, 0.2) is 0 Å². The predicted octanol–water partition coefficient (Wildman–Crippen LogP) is 3.78. The van der Waals surface area contributed by atoms with E-state index in [-0.39, 0.29) is 11.4 Å². The molecule has 0 fully saturated rings. The molecular formula is C17H13NO. The molecule has 0 radical (unpaired) electrons. The van der Waals surface area contributed by atoms with Crippen LogP contribution in [-0.2, 0) is 0 Å². The van der Waals surface area contributed by atoms with Crippen LogP contribution in [0.4, 0.5) is 0 Å². The fourth-order valence-corrected chi connectivity index (χ4v) is 1.72. The zero-order chi connectivity index (χ0) is 13.7. The van der Waals surface area contributed by atoms with E-state index >= 15 is 0 Å². The van der Waals surface area contributed by atoms with Crippen molar-refractivity contribution in [1.82, 2.24) is 0 Å². The molecule has 0 saturated carbocycles. The summed E-state index contributed by atoms with van der Waals surface area (Å²) in [7, 11) is 0. The highest BCUT2D eigenvalue weighted by atomic mass is 16.1. The molecule has 0 amide bonds. The molecule has 0 aliphatic heterocycles. The molecule has 92 valence electrons. The first kappa shape index (κ1) is 12.8. The molecule has 0 unspecified atom stereocenters. The summed E-state index contributed by atoms with van der Waals surface area (Å²) in [5.74, 6) is -0.244. The first-order valence-corrected chi connectivity index (χ1v) is 5.99. The van der Waals surface area contributed by atoms with Crippen LogP contribution in [0.2, 0.25) is 0 Å². The molecule has 0 N–H and O–H groups in total. The number of hydrogen-bond acceptors (Lipinski definition) is 2. The van der Waals surface area contributed by atoms with Crippen molar-refractivity contribution >= 4 is 11.9 Å². The number of allylic oxidation sites excluding steroid dienone is 1. The summed E-state index contributed by atoms with van der Waals surface area (Å²) >= 11 is 0. The number of nitriles is 1. The quantitative estimate of drug-likeness (QED) is 0.470. The van der Waals surface area contributed by atoms with E-state index in [1.807, 2.05) is 55.5 Å². The molecule has 0 bridgehead atoms. The lowest BCUT2D eigenvalue weighted by Crippen LogP contribution is -2.01. The Morgan fingerprint density at radius 2 is 1.68 bits per heavy atom. The first-order valence-electron chi connectivity index (χ1n) is 5.99. The number of hydrogen-bond donors (Lipinski definition) is 0. The van der Waals surface area contributed by atoms with Crippen LogP contribution in [-0.4, -0.2) is 5.78 Å². The Bertz CT molecular complexity index is 646. The average Bonchev–Trinajstić information content (AvgIpc) is 2.46. The van der Waals surface area contributed by atoms with Crippen molar-refractivity contribution < 1.29 is 4.79 Å². The Morgan fingerprint density at radius 3 is 2.26 bits per heavy atom. The minimum Gasteiger partial charge on any atom is -0.288 e. The van der Waals surface area contributed by atoms with E-state index in [1.54, 1.807) is 18.2 Å². The van der Waals surface area contributed by atoms with Crippen LogP contribution in [0, 0.1) is 18.3 Å². The standard InChI is InChI=1S/C17H13NO/c1-13-7-9-15(10-8-13)17(19)16(12-18)11-14-5-3-2-4-6-14/h2-11H,1H3/b16-11+. The summed E-state index contributed by atoms with van der Waals surface area (Å²) in [5, 5.41) is 9.13. The number of nitrogens with zero attached hydrogens (tertiary/aromatic N) is 1. The van der Waals surface area contributed by atoms with Crippen LogP contribution < -0.4 is 0 Å². The molecule has 0 aromatic heterocycles. The van der Waals surface area contributed by atoms with E-state index in [0.717, 1.165) is 11.1 Å². The highest BCUT2D eigenvalue weighted by Gasteiger charge is 2.11. The monoisotopic (exact) mass is 247 g/mol. The van der Waals surface area contributed by atoms with Gasteiger partial charge in [0.25, 0.3) is 0 Å². The molecule has 2 aromatic rings. The smallest absolute Gasteiger partial charge is 0.203 e. The fourth-order valence-electron chi connectivity index (χ4n) is 1.72. The number of benzene rings is 2. The van der Waals surface area contributed by atoms with Crippen LogP contribution in [0.1, 0.15) is 21.5 Å². The molecule has 0 saturated heterocycles. The van der Waals surface area contributed by atoms with Crippen LogP contribution in [0.25, 0.3) is 6.08 Å². The molecule has 19 heavy (non-hydrogen) atoms. The normalized spacial score (nSPS) is 10.8. The second-order valence-electron chi connectivity index (χ2n) is 4.28. The third-order valence-electron chi connectivity index (χ3n) is 2.79.